The number of rotatable bonds is 8. The molecule has 0 fully saturated rings. The van der Waals surface area contributed by atoms with Gasteiger partial charge in [-0.15, -0.1) is 0 Å². The number of carbonyl (C=O) groups excluding carboxylic acids is 1. The minimum atomic E-state index is 0.109. The molecule has 106 valence electrons. The van der Waals surface area contributed by atoms with E-state index in [4.69, 9.17) is 5.73 Å². The Labute approximate surface area is 116 Å². The van der Waals surface area contributed by atoms with E-state index < -0.39 is 0 Å². The predicted molar refractivity (Wildman–Crippen MR) is 80.0 cm³/mol. The molecule has 1 aromatic rings. The molecule has 1 unspecified atom stereocenters. The van der Waals surface area contributed by atoms with Gasteiger partial charge in [0, 0.05) is 13.0 Å². The van der Waals surface area contributed by atoms with E-state index >= 15 is 0 Å². The molecule has 0 saturated carbocycles. The van der Waals surface area contributed by atoms with Crippen LogP contribution in [-0.2, 0) is 17.6 Å². The maximum absolute atomic E-state index is 11.7. The Hall–Kier alpha value is -1.35. The highest BCUT2D eigenvalue weighted by Crippen LogP contribution is 2.08. The molecule has 0 aromatic heterocycles. The summed E-state index contributed by atoms with van der Waals surface area (Å²) in [5.41, 5.74) is 8.10. The first-order valence-corrected chi connectivity index (χ1v) is 7.20. The second kappa shape index (κ2) is 8.70. The van der Waals surface area contributed by atoms with Gasteiger partial charge in [-0.3, -0.25) is 4.79 Å². The fraction of sp³-hybridized carbons (Fsp3) is 0.562. The molecule has 1 amide bonds. The summed E-state index contributed by atoms with van der Waals surface area (Å²) in [5, 5.41) is 2.92. The molecule has 0 aliphatic carbocycles. The van der Waals surface area contributed by atoms with Crippen LogP contribution in [0.5, 0.6) is 0 Å². The summed E-state index contributed by atoms with van der Waals surface area (Å²) in [4.78, 5) is 11.7. The SMILES string of the molecule is CCCc1ccc(CCC(=O)NCC(C)CN)cc1. The molecule has 1 rings (SSSR count). The van der Waals surface area contributed by atoms with Gasteiger partial charge in [0.05, 0.1) is 0 Å². The van der Waals surface area contributed by atoms with E-state index in [1.54, 1.807) is 0 Å². The van der Waals surface area contributed by atoms with Gasteiger partial charge >= 0.3 is 0 Å². The lowest BCUT2D eigenvalue weighted by Gasteiger charge is -2.10. The van der Waals surface area contributed by atoms with Crippen LogP contribution in [-0.4, -0.2) is 19.0 Å². The number of hydrogen-bond donors (Lipinski definition) is 2. The molecular formula is C16H26N2O. The van der Waals surface area contributed by atoms with E-state index in [0.29, 0.717) is 25.4 Å². The largest absolute Gasteiger partial charge is 0.356 e. The van der Waals surface area contributed by atoms with E-state index in [1.807, 2.05) is 6.92 Å². The van der Waals surface area contributed by atoms with Crippen molar-refractivity contribution in [3.8, 4) is 0 Å². The van der Waals surface area contributed by atoms with Gasteiger partial charge in [-0.1, -0.05) is 44.5 Å². The topological polar surface area (TPSA) is 55.1 Å². The first-order chi connectivity index (χ1) is 9.15. The number of nitrogens with two attached hydrogens (primary N) is 1. The van der Waals surface area contributed by atoms with Gasteiger partial charge in [0.1, 0.15) is 0 Å². The highest BCUT2D eigenvalue weighted by Gasteiger charge is 2.04. The van der Waals surface area contributed by atoms with Crippen LogP contribution in [0.15, 0.2) is 24.3 Å². The molecule has 3 heteroatoms. The molecule has 0 aliphatic rings. The minimum absolute atomic E-state index is 0.109. The maximum Gasteiger partial charge on any atom is 0.220 e. The molecule has 0 radical (unpaired) electrons. The van der Waals surface area contributed by atoms with E-state index in [9.17, 15) is 4.79 Å². The molecule has 0 spiro atoms. The van der Waals surface area contributed by atoms with Crippen LogP contribution in [0, 0.1) is 5.92 Å². The van der Waals surface area contributed by atoms with Gasteiger partial charge in [-0.25, -0.2) is 0 Å². The number of amides is 1. The molecule has 3 nitrogen and oxygen atoms in total. The minimum Gasteiger partial charge on any atom is -0.356 e. The summed E-state index contributed by atoms with van der Waals surface area (Å²) in [5.74, 6) is 0.454. The number of benzene rings is 1. The molecule has 19 heavy (non-hydrogen) atoms. The van der Waals surface area contributed by atoms with Crippen molar-refractivity contribution in [3.05, 3.63) is 35.4 Å². The van der Waals surface area contributed by atoms with Crippen molar-refractivity contribution in [1.29, 1.82) is 0 Å². The summed E-state index contributed by atoms with van der Waals surface area (Å²) in [6, 6.07) is 8.57. The van der Waals surface area contributed by atoms with Crippen LogP contribution in [0.2, 0.25) is 0 Å². The Morgan fingerprint density at radius 1 is 1.21 bits per heavy atom. The van der Waals surface area contributed by atoms with Gasteiger partial charge < -0.3 is 11.1 Å². The number of aryl methyl sites for hydroxylation is 2. The van der Waals surface area contributed by atoms with E-state index in [-0.39, 0.29) is 5.91 Å². The number of carbonyl (C=O) groups is 1. The fourth-order valence-electron chi connectivity index (χ4n) is 1.88. The molecule has 0 bridgehead atoms. The van der Waals surface area contributed by atoms with Crippen LogP contribution in [0.4, 0.5) is 0 Å². The quantitative estimate of drug-likeness (QED) is 0.755. The summed E-state index contributed by atoms with van der Waals surface area (Å²) in [6.07, 6.45) is 3.64. The standard InChI is InChI=1S/C16H26N2O/c1-3-4-14-5-7-15(8-6-14)9-10-16(19)18-12-13(2)11-17/h5-8,13H,3-4,9-12,17H2,1-2H3,(H,18,19). The van der Waals surface area contributed by atoms with E-state index in [1.165, 1.54) is 17.5 Å². The van der Waals surface area contributed by atoms with Gasteiger partial charge in [0.25, 0.3) is 0 Å². The molecular weight excluding hydrogens is 236 g/mol. The molecule has 1 aromatic carbocycles. The maximum atomic E-state index is 11.7. The van der Waals surface area contributed by atoms with Gasteiger partial charge in [-0.05, 0) is 36.4 Å². The average Bonchev–Trinajstić information content (AvgIpc) is 2.44. The molecule has 1 atom stereocenters. The second-order valence-electron chi connectivity index (χ2n) is 5.21. The smallest absolute Gasteiger partial charge is 0.220 e. The zero-order valence-corrected chi connectivity index (χ0v) is 12.1. The first kappa shape index (κ1) is 15.7. The third kappa shape index (κ3) is 6.39. The zero-order chi connectivity index (χ0) is 14.1. The lowest BCUT2D eigenvalue weighted by atomic mass is 10.0. The third-order valence-corrected chi connectivity index (χ3v) is 3.25. The van der Waals surface area contributed by atoms with Crippen LogP contribution < -0.4 is 11.1 Å². The monoisotopic (exact) mass is 262 g/mol. The molecule has 0 aliphatic heterocycles. The molecule has 0 heterocycles. The van der Waals surface area contributed by atoms with Gasteiger partial charge in [0.2, 0.25) is 5.91 Å². The Morgan fingerprint density at radius 3 is 2.32 bits per heavy atom. The highest BCUT2D eigenvalue weighted by molar-refractivity contribution is 5.76. The van der Waals surface area contributed by atoms with Crippen molar-refractivity contribution in [1.82, 2.24) is 5.32 Å². The summed E-state index contributed by atoms with van der Waals surface area (Å²) >= 11 is 0. The van der Waals surface area contributed by atoms with Crippen LogP contribution >= 0.6 is 0 Å². The third-order valence-electron chi connectivity index (χ3n) is 3.25. The summed E-state index contributed by atoms with van der Waals surface area (Å²) < 4.78 is 0. The van der Waals surface area contributed by atoms with Gasteiger partial charge in [0.15, 0.2) is 0 Å². The Kier molecular flexibility index (Phi) is 7.19. The Balaban J connectivity index is 2.29. The lowest BCUT2D eigenvalue weighted by Crippen LogP contribution is -2.31. The Morgan fingerprint density at radius 2 is 1.79 bits per heavy atom. The zero-order valence-electron chi connectivity index (χ0n) is 12.1. The second-order valence-corrected chi connectivity index (χ2v) is 5.21. The lowest BCUT2D eigenvalue weighted by molar-refractivity contribution is -0.121. The summed E-state index contributed by atoms with van der Waals surface area (Å²) in [7, 11) is 0. The van der Waals surface area contributed by atoms with Crippen molar-refractivity contribution in [3.63, 3.8) is 0 Å². The van der Waals surface area contributed by atoms with Crippen molar-refractivity contribution in [2.24, 2.45) is 11.7 Å². The van der Waals surface area contributed by atoms with Gasteiger partial charge in [-0.2, -0.15) is 0 Å². The predicted octanol–water partition coefficient (Wildman–Crippen LogP) is 2.28. The van der Waals surface area contributed by atoms with E-state index in [0.717, 1.165) is 12.8 Å². The van der Waals surface area contributed by atoms with Crippen molar-refractivity contribution >= 4 is 5.91 Å². The van der Waals surface area contributed by atoms with Crippen LogP contribution in [0.25, 0.3) is 0 Å². The average molecular weight is 262 g/mol. The van der Waals surface area contributed by atoms with Crippen molar-refractivity contribution < 1.29 is 4.79 Å². The fourth-order valence-corrected chi connectivity index (χ4v) is 1.88. The molecule has 0 saturated heterocycles. The molecule has 3 N–H and O–H groups in total. The number of hydrogen-bond acceptors (Lipinski definition) is 2. The summed E-state index contributed by atoms with van der Waals surface area (Å²) in [6.45, 7) is 5.50. The van der Waals surface area contributed by atoms with Crippen molar-refractivity contribution in [2.75, 3.05) is 13.1 Å². The normalized spacial score (nSPS) is 12.2. The van der Waals surface area contributed by atoms with Crippen LogP contribution in [0.3, 0.4) is 0 Å². The first-order valence-electron chi connectivity index (χ1n) is 7.20. The highest BCUT2D eigenvalue weighted by atomic mass is 16.1. The Bertz CT molecular complexity index is 373. The van der Waals surface area contributed by atoms with Crippen LogP contribution in [0.1, 0.15) is 37.8 Å². The van der Waals surface area contributed by atoms with E-state index in [2.05, 4.69) is 36.5 Å². The number of nitrogens with one attached hydrogen (secondary N) is 1. The van der Waals surface area contributed by atoms with Crippen molar-refractivity contribution in [2.45, 2.75) is 39.5 Å².